The number of para-hydroxylation sites is 2. The fourth-order valence-electron chi connectivity index (χ4n) is 3.93. The van der Waals surface area contributed by atoms with E-state index in [0.717, 1.165) is 27.4 Å². The highest BCUT2D eigenvalue weighted by Gasteiger charge is 2.33. The van der Waals surface area contributed by atoms with Crippen LogP contribution in [0.5, 0.6) is 0 Å². The summed E-state index contributed by atoms with van der Waals surface area (Å²) in [5, 5.41) is 15.3. The highest BCUT2D eigenvalue weighted by Crippen LogP contribution is 2.37. The SMILES string of the molecule is Cc1cccc(CNC(=O)c2csc(C(CN(Cc3nc4ccccc4[nH]3)C(=O)O)C(C)(C)C)n2)n1. The van der Waals surface area contributed by atoms with Crippen molar-refractivity contribution in [2.24, 2.45) is 5.41 Å². The number of nitrogens with one attached hydrogen (secondary N) is 2. The number of fused-ring (bicyclic) bond motifs is 1. The molecule has 1 aromatic carbocycles. The normalized spacial score (nSPS) is 12.4. The van der Waals surface area contributed by atoms with Crippen molar-refractivity contribution in [3.05, 3.63) is 75.8 Å². The van der Waals surface area contributed by atoms with E-state index in [9.17, 15) is 14.7 Å². The molecule has 3 aromatic heterocycles. The minimum absolute atomic E-state index is 0.124. The van der Waals surface area contributed by atoms with Gasteiger partial charge in [0.2, 0.25) is 0 Å². The van der Waals surface area contributed by atoms with Gasteiger partial charge in [-0.15, -0.1) is 11.3 Å². The molecule has 3 heterocycles. The largest absolute Gasteiger partial charge is 0.465 e. The van der Waals surface area contributed by atoms with Crippen LogP contribution < -0.4 is 5.32 Å². The zero-order chi connectivity index (χ0) is 25.9. The zero-order valence-electron chi connectivity index (χ0n) is 20.8. The molecule has 2 amide bonds. The van der Waals surface area contributed by atoms with Crippen molar-refractivity contribution in [3.63, 3.8) is 0 Å². The van der Waals surface area contributed by atoms with E-state index >= 15 is 0 Å². The van der Waals surface area contributed by atoms with Crippen molar-refractivity contribution >= 4 is 34.4 Å². The topological polar surface area (TPSA) is 124 Å². The quantitative estimate of drug-likeness (QED) is 0.310. The number of amides is 2. The number of carbonyl (C=O) groups is 2. The second-order valence-corrected chi connectivity index (χ2v) is 10.7. The molecule has 0 spiro atoms. The van der Waals surface area contributed by atoms with Crippen LogP contribution in [0.1, 0.15) is 59.4 Å². The van der Waals surface area contributed by atoms with Crippen molar-refractivity contribution in [2.45, 2.75) is 46.7 Å². The number of pyridine rings is 1. The number of carbonyl (C=O) groups excluding carboxylic acids is 1. The lowest BCUT2D eigenvalue weighted by Gasteiger charge is -2.32. The third-order valence-electron chi connectivity index (χ3n) is 5.93. The Kier molecular flexibility index (Phi) is 7.35. The summed E-state index contributed by atoms with van der Waals surface area (Å²) < 4.78 is 0. The Balaban J connectivity index is 1.49. The monoisotopic (exact) mass is 506 g/mol. The number of benzene rings is 1. The number of aryl methyl sites for hydroxylation is 1. The first-order valence-corrected chi connectivity index (χ1v) is 12.6. The number of aromatic nitrogens is 4. The van der Waals surface area contributed by atoms with Crippen LogP contribution in [0.25, 0.3) is 11.0 Å². The summed E-state index contributed by atoms with van der Waals surface area (Å²) >= 11 is 1.37. The molecule has 10 heteroatoms. The molecular weight excluding hydrogens is 476 g/mol. The van der Waals surface area contributed by atoms with Gasteiger partial charge in [0.05, 0.1) is 34.8 Å². The van der Waals surface area contributed by atoms with E-state index in [-0.39, 0.29) is 30.3 Å². The maximum absolute atomic E-state index is 12.7. The van der Waals surface area contributed by atoms with Crippen LogP contribution in [0.3, 0.4) is 0 Å². The molecule has 0 aliphatic carbocycles. The first-order valence-electron chi connectivity index (χ1n) is 11.7. The summed E-state index contributed by atoms with van der Waals surface area (Å²) in [4.78, 5) is 43.0. The molecule has 0 bridgehead atoms. The van der Waals surface area contributed by atoms with Crippen LogP contribution in [0.4, 0.5) is 4.79 Å². The van der Waals surface area contributed by atoms with E-state index in [1.54, 1.807) is 5.38 Å². The lowest BCUT2D eigenvalue weighted by molar-refractivity contribution is 0.0944. The van der Waals surface area contributed by atoms with Gasteiger partial charge < -0.3 is 20.3 Å². The van der Waals surface area contributed by atoms with Gasteiger partial charge in [-0.05, 0) is 36.6 Å². The Hall–Kier alpha value is -3.79. The maximum atomic E-state index is 12.7. The Morgan fingerprint density at radius 3 is 2.58 bits per heavy atom. The van der Waals surface area contributed by atoms with Crippen LogP contribution in [-0.4, -0.2) is 48.5 Å². The average molecular weight is 507 g/mol. The van der Waals surface area contributed by atoms with Gasteiger partial charge in [-0.2, -0.15) is 0 Å². The number of thiazole rings is 1. The first kappa shape index (κ1) is 25.3. The number of hydrogen-bond donors (Lipinski definition) is 3. The van der Waals surface area contributed by atoms with Crippen molar-refractivity contribution in [3.8, 4) is 0 Å². The van der Waals surface area contributed by atoms with E-state index in [0.29, 0.717) is 18.1 Å². The fraction of sp³-hybridized carbons (Fsp3) is 0.346. The molecule has 0 aliphatic heterocycles. The summed E-state index contributed by atoms with van der Waals surface area (Å²) in [5.74, 6) is 0.0732. The van der Waals surface area contributed by atoms with Gasteiger partial charge in [-0.1, -0.05) is 39.0 Å². The van der Waals surface area contributed by atoms with Gasteiger partial charge in [0.1, 0.15) is 11.5 Å². The predicted octanol–water partition coefficient (Wildman–Crippen LogP) is 4.96. The van der Waals surface area contributed by atoms with Crippen LogP contribution in [0.15, 0.2) is 47.8 Å². The standard InChI is InChI=1S/C26H30N6O3S/c1-16-8-7-9-17(28-16)12-27-23(33)21-15-36-24(31-21)18(26(2,3)4)13-32(25(34)35)14-22-29-19-10-5-6-11-20(19)30-22/h5-11,15,18H,12-14H2,1-4H3,(H,27,33)(H,29,30)(H,34,35). The first-order chi connectivity index (χ1) is 17.1. The predicted molar refractivity (Wildman–Crippen MR) is 139 cm³/mol. The second-order valence-electron chi connectivity index (χ2n) is 9.81. The van der Waals surface area contributed by atoms with Crippen molar-refractivity contribution in [1.29, 1.82) is 0 Å². The van der Waals surface area contributed by atoms with E-state index in [2.05, 4.69) is 25.3 Å². The fourth-order valence-corrected chi connectivity index (χ4v) is 5.06. The summed E-state index contributed by atoms with van der Waals surface area (Å²) in [7, 11) is 0. The number of nitrogens with zero attached hydrogens (tertiary/aromatic N) is 4. The molecule has 4 rings (SSSR count). The summed E-state index contributed by atoms with van der Waals surface area (Å²) in [6.07, 6.45) is -1.04. The zero-order valence-corrected chi connectivity index (χ0v) is 21.6. The summed E-state index contributed by atoms with van der Waals surface area (Å²) in [5.41, 5.74) is 3.34. The van der Waals surface area contributed by atoms with E-state index in [4.69, 9.17) is 0 Å². The van der Waals surface area contributed by atoms with E-state index < -0.39 is 6.09 Å². The molecule has 4 aromatic rings. The van der Waals surface area contributed by atoms with Gasteiger partial charge in [0.15, 0.2) is 0 Å². The van der Waals surface area contributed by atoms with Gasteiger partial charge in [-0.3, -0.25) is 9.78 Å². The number of H-pyrrole nitrogens is 1. The smallest absolute Gasteiger partial charge is 0.407 e. The minimum Gasteiger partial charge on any atom is -0.465 e. The average Bonchev–Trinajstić information content (AvgIpc) is 3.46. The van der Waals surface area contributed by atoms with Gasteiger partial charge in [-0.25, -0.2) is 14.8 Å². The van der Waals surface area contributed by atoms with E-state index in [1.165, 1.54) is 16.2 Å². The molecule has 0 fully saturated rings. The second kappa shape index (κ2) is 10.4. The van der Waals surface area contributed by atoms with Crippen LogP contribution in [-0.2, 0) is 13.1 Å². The molecular formula is C26H30N6O3S. The number of aromatic amines is 1. The third kappa shape index (κ3) is 6.06. The van der Waals surface area contributed by atoms with Crippen LogP contribution >= 0.6 is 11.3 Å². The van der Waals surface area contributed by atoms with Gasteiger partial charge in [0, 0.05) is 23.5 Å². The third-order valence-corrected chi connectivity index (χ3v) is 6.89. The number of carboxylic acid groups (broad SMARTS) is 1. The Morgan fingerprint density at radius 2 is 1.89 bits per heavy atom. The van der Waals surface area contributed by atoms with Gasteiger partial charge in [0.25, 0.3) is 5.91 Å². The Morgan fingerprint density at radius 1 is 1.11 bits per heavy atom. The van der Waals surface area contributed by atoms with Crippen LogP contribution in [0, 0.1) is 12.3 Å². The van der Waals surface area contributed by atoms with Crippen molar-refractivity contribution < 1.29 is 14.7 Å². The molecule has 3 N–H and O–H groups in total. The van der Waals surface area contributed by atoms with E-state index in [1.807, 2.05) is 70.2 Å². The van der Waals surface area contributed by atoms with Crippen molar-refractivity contribution in [2.75, 3.05) is 6.54 Å². The Labute approximate surface area is 213 Å². The highest BCUT2D eigenvalue weighted by molar-refractivity contribution is 7.10. The lowest BCUT2D eigenvalue weighted by atomic mass is 9.80. The lowest BCUT2D eigenvalue weighted by Crippen LogP contribution is -2.37. The molecule has 0 saturated carbocycles. The Bertz CT molecular complexity index is 1340. The molecule has 9 nitrogen and oxygen atoms in total. The number of rotatable bonds is 8. The minimum atomic E-state index is -1.04. The van der Waals surface area contributed by atoms with Crippen LogP contribution in [0.2, 0.25) is 0 Å². The number of hydrogen-bond acceptors (Lipinski definition) is 6. The molecule has 188 valence electrons. The molecule has 0 aliphatic rings. The van der Waals surface area contributed by atoms with Gasteiger partial charge >= 0.3 is 6.09 Å². The maximum Gasteiger partial charge on any atom is 0.407 e. The number of imidazole rings is 1. The molecule has 36 heavy (non-hydrogen) atoms. The van der Waals surface area contributed by atoms with Crippen molar-refractivity contribution in [1.82, 2.24) is 30.2 Å². The summed E-state index contributed by atoms with van der Waals surface area (Å²) in [6.45, 7) is 8.69. The highest BCUT2D eigenvalue weighted by atomic mass is 32.1. The molecule has 0 saturated heterocycles. The summed E-state index contributed by atoms with van der Waals surface area (Å²) in [6, 6.07) is 13.3. The molecule has 1 unspecified atom stereocenters. The molecule has 1 atom stereocenters. The molecule has 0 radical (unpaired) electrons.